The SMILES string of the molecule is CC(C)[C@@]1(C)CC[C@@](C)([C@H]2CC[C@]3(C)[C@@H]2CC[C@@H]2[C@@]4(C)CC[C@H](O)C(C)(C)[C@@H]4CC[C@]23C)O1. The van der Waals surface area contributed by atoms with E-state index in [4.69, 9.17) is 4.74 Å². The van der Waals surface area contributed by atoms with Crippen molar-refractivity contribution in [3.8, 4) is 0 Å². The van der Waals surface area contributed by atoms with E-state index in [9.17, 15) is 5.11 Å². The third-order valence-corrected chi connectivity index (χ3v) is 14.0. The minimum atomic E-state index is -0.127. The van der Waals surface area contributed by atoms with Crippen LogP contribution in [0.1, 0.15) is 127 Å². The smallest absolute Gasteiger partial charge is 0.0694 e. The predicted octanol–water partition coefficient (Wildman–Crippen LogP) is 8.02. The van der Waals surface area contributed by atoms with Gasteiger partial charge >= 0.3 is 0 Å². The lowest BCUT2D eigenvalue weighted by Crippen LogP contribution is -2.64. The molecular weight excluding hydrogens is 404 g/mol. The zero-order valence-corrected chi connectivity index (χ0v) is 23.4. The van der Waals surface area contributed by atoms with Gasteiger partial charge in [-0.05, 0) is 129 Å². The van der Waals surface area contributed by atoms with E-state index in [-0.39, 0.29) is 22.7 Å². The van der Waals surface area contributed by atoms with E-state index in [1.807, 2.05) is 0 Å². The van der Waals surface area contributed by atoms with Crippen molar-refractivity contribution < 1.29 is 9.84 Å². The summed E-state index contributed by atoms with van der Waals surface area (Å²) in [7, 11) is 0. The predicted molar refractivity (Wildman–Crippen MR) is 137 cm³/mol. The molecule has 2 heteroatoms. The van der Waals surface area contributed by atoms with Gasteiger partial charge in [0.2, 0.25) is 0 Å². The highest BCUT2D eigenvalue weighted by atomic mass is 16.5. The number of aliphatic hydroxyl groups excluding tert-OH is 1. The van der Waals surface area contributed by atoms with Gasteiger partial charge < -0.3 is 9.84 Å². The van der Waals surface area contributed by atoms with Crippen molar-refractivity contribution in [3.05, 3.63) is 0 Å². The molecule has 4 saturated carbocycles. The van der Waals surface area contributed by atoms with Gasteiger partial charge in [-0.15, -0.1) is 0 Å². The van der Waals surface area contributed by atoms with Gasteiger partial charge in [-0.1, -0.05) is 48.5 Å². The Kier molecular flexibility index (Phi) is 5.40. The highest BCUT2D eigenvalue weighted by Gasteiger charge is 2.70. The molecule has 0 spiro atoms. The van der Waals surface area contributed by atoms with Crippen LogP contribution in [0.15, 0.2) is 0 Å². The zero-order valence-electron chi connectivity index (χ0n) is 23.4. The van der Waals surface area contributed by atoms with Crippen molar-refractivity contribution in [2.45, 2.75) is 144 Å². The molecule has 10 atom stereocenters. The average molecular weight is 459 g/mol. The first-order valence-corrected chi connectivity index (χ1v) is 14.5. The molecular formula is C31H54O2. The number of aliphatic hydroxyl groups is 1. The molecule has 0 radical (unpaired) electrons. The van der Waals surface area contributed by atoms with Crippen LogP contribution in [0.3, 0.4) is 0 Å². The van der Waals surface area contributed by atoms with E-state index in [0.717, 1.165) is 24.2 Å². The maximum absolute atomic E-state index is 10.9. The minimum absolute atomic E-state index is 0.0505. The van der Waals surface area contributed by atoms with E-state index in [1.54, 1.807) is 0 Å². The summed E-state index contributed by atoms with van der Waals surface area (Å²) in [5.41, 5.74) is 1.39. The molecule has 0 unspecified atom stereocenters. The Bertz CT molecular complexity index is 788. The van der Waals surface area contributed by atoms with E-state index >= 15 is 0 Å². The topological polar surface area (TPSA) is 29.5 Å². The monoisotopic (exact) mass is 458 g/mol. The summed E-state index contributed by atoms with van der Waals surface area (Å²) >= 11 is 0. The summed E-state index contributed by atoms with van der Waals surface area (Å²) in [4.78, 5) is 0. The van der Waals surface area contributed by atoms with Gasteiger partial charge in [0.05, 0.1) is 17.3 Å². The molecule has 5 fully saturated rings. The first-order valence-electron chi connectivity index (χ1n) is 14.5. The summed E-state index contributed by atoms with van der Waals surface area (Å²) in [5, 5.41) is 10.9. The van der Waals surface area contributed by atoms with Crippen LogP contribution in [0.4, 0.5) is 0 Å². The zero-order chi connectivity index (χ0) is 24.2. The van der Waals surface area contributed by atoms with E-state index in [1.165, 1.54) is 57.8 Å². The Balaban J connectivity index is 1.45. The summed E-state index contributed by atoms with van der Waals surface area (Å²) in [6.07, 6.45) is 12.7. The van der Waals surface area contributed by atoms with Gasteiger partial charge in [-0.25, -0.2) is 0 Å². The summed E-state index contributed by atoms with van der Waals surface area (Å²) in [5.74, 6) is 3.57. The highest BCUT2D eigenvalue weighted by Crippen LogP contribution is 2.76. The van der Waals surface area contributed by atoms with Crippen LogP contribution in [-0.4, -0.2) is 22.4 Å². The van der Waals surface area contributed by atoms with Gasteiger partial charge in [0.1, 0.15) is 0 Å². The van der Waals surface area contributed by atoms with Crippen molar-refractivity contribution >= 4 is 0 Å². The third-order valence-electron chi connectivity index (χ3n) is 14.0. The van der Waals surface area contributed by atoms with Crippen LogP contribution < -0.4 is 0 Å². The van der Waals surface area contributed by atoms with Crippen LogP contribution in [0.2, 0.25) is 0 Å². The number of rotatable bonds is 2. The molecule has 4 aliphatic carbocycles. The quantitative estimate of drug-likeness (QED) is 0.454. The molecule has 5 aliphatic rings. The molecule has 2 nitrogen and oxygen atoms in total. The number of ether oxygens (including phenoxy) is 1. The summed E-state index contributed by atoms with van der Waals surface area (Å²) < 4.78 is 7.06. The minimum Gasteiger partial charge on any atom is -0.393 e. The Morgan fingerprint density at radius 3 is 1.97 bits per heavy atom. The van der Waals surface area contributed by atoms with Crippen LogP contribution >= 0.6 is 0 Å². The van der Waals surface area contributed by atoms with Gasteiger partial charge in [-0.3, -0.25) is 0 Å². The normalized spacial score (nSPS) is 58.1. The average Bonchev–Trinajstić information content (AvgIpc) is 3.25. The van der Waals surface area contributed by atoms with Crippen molar-refractivity contribution in [1.82, 2.24) is 0 Å². The molecule has 190 valence electrons. The Labute approximate surface area is 205 Å². The molecule has 0 amide bonds. The molecule has 0 aromatic rings. The maximum Gasteiger partial charge on any atom is 0.0694 e. The molecule has 0 bridgehead atoms. The summed E-state index contributed by atoms with van der Waals surface area (Å²) in [6, 6.07) is 0. The fourth-order valence-corrected chi connectivity index (χ4v) is 11.3. The lowest BCUT2D eigenvalue weighted by atomic mass is 9.35. The third kappa shape index (κ3) is 3.04. The fourth-order valence-electron chi connectivity index (χ4n) is 11.3. The van der Waals surface area contributed by atoms with Gasteiger partial charge in [-0.2, -0.15) is 0 Å². The second-order valence-electron chi connectivity index (χ2n) is 15.6. The van der Waals surface area contributed by atoms with Gasteiger partial charge in [0.15, 0.2) is 0 Å². The first-order chi connectivity index (χ1) is 15.1. The van der Waals surface area contributed by atoms with Crippen molar-refractivity contribution in [3.63, 3.8) is 0 Å². The lowest BCUT2D eigenvalue weighted by molar-refractivity contribution is -0.227. The van der Waals surface area contributed by atoms with Gasteiger partial charge in [0, 0.05) is 0 Å². The van der Waals surface area contributed by atoms with Crippen LogP contribution in [0, 0.1) is 51.2 Å². The standard InChI is InChI=1S/C31H54O2/c1-20(2)30(8)18-19-31(9,33-30)22-12-16-28(6)21(22)10-11-24-27(5)15-14-25(32)26(3,4)23(27)13-17-29(24,28)7/h20-25,32H,10-19H2,1-9H3/t21-,22+,23+,24-,25+,27+,28-,29-,30-,31+/m1/s1. The van der Waals surface area contributed by atoms with Gasteiger partial charge in [0.25, 0.3) is 0 Å². The number of fused-ring (bicyclic) bond motifs is 5. The van der Waals surface area contributed by atoms with Crippen LogP contribution in [0.5, 0.6) is 0 Å². The van der Waals surface area contributed by atoms with E-state index in [2.05, 4.69) is 62.3 Å². The molecule has 1 heterocycles. The largest absolute Gasteiger partial charge is 0.393 e. The Morgan fingerprint density at radius 2 is 1.33 bits per heavy atom. The van der Waals surface area contributed by atoms with E-state index < -0.39 is 0 Å². The Morgan fingerprint density at radius 1 is 0.667 bits per heavy atom. The molecule has 0 aromatic heterocycles. The second-order valence-corrected chi connectivity index (χ2v) is 15.6. The second kappa shape index (κ2) is 7.24. The molecule has 1 N–H and O–H groups in total. The van der Waals surface area contributed by atoms with E-state index in [0.29, 0.717) is 28.1 Å². The molecule has 33 heavy (non-hydrogen) atoms. The Hall–Kier alpha value is -0.0800. The fraction of sp³-hybridized carbons (Fsp3) is 1.00. The maximum atomic E-state index is 10.9. The van der Waals surface area contributed by atoms with Crippen LogP contribution in [-0.2, 0) is 4.74 Å². The number of hydrogen-bond donors (Lipinski definition) is 1. The molecule has 1 aliphatic heterocycles. The van der Waals surface area contributed by atoms with Crippen molar-refractivity contribution in [2.24, 2.45) is 51.2 Å². The number of hydrogen-bond acceptors (Lipinski definition) is 2. The molecule has 0 aromatic carbocycles. The van der Waals surface area contributed by atoms with Crippen molar-refractivity contribution in [2.75, 3.05) is 0 Å². The highest BCUT2D eigenvalue weighted by molar-refractivity contribution is 5.19. The lowest BCUT2D eigenvalue weighted by Gasteiger charge is -2.70. The van der Waals surface area contributed by atoms with Crippen molar-refractivity contribution in [1.29, 1.82) is 0 Å². The molecule has 5 rings (SSSR count). The summed E-state index contributed by atoms with van der Waals surface area (Å²) in [6.45, 7) is 22.3. The molecule has 1 saturated heterocycles. The van der Waals surface area contributed by atoms with Crippen LogP contribution in [0.25, 0.3) is 0 Å². The first kappa shape index (κ1) is 24.6.